The van der Waals surface area contributed by atoms with Crippen molar-refractivity contribution in [2.24, 2.45) is 0 Å². The first-order valence-electron chi connectivity index (χ1n) is 7.25. The lowest BCUT2D eigenvalue weighted by molar-refractivity contribution is 0.0784. The molecule has 0 radical (unpaired) electrons. The maximum absolute atomic E-state index is 12.5. The number of methoxy groups -OCH3 is 1. The number of benzene rings is 2. The van der Waals surface area contributed by atoms with E-state index in [1.807, 2.05) is 24.3 Å². The molecule has 0 bridgehead atoms. The summed E-state index contributed by atoms with van der Waals surface area (Å²) in [6, 6.07) is 13.8. The van der Waals surface area contributed by atoms with Gasteiger partial charge < -0.3 is 9.64 Å². The fraction of sp³-hybridized carbons (Fsp3) is 0.235. The number of hydrogen-bond acceptors (Lipinski definition) is 4. The standard InChI is InChI=1S/C17H20N2O4S/c1-19(12-14-6-4-5-7-16(14)23-2)17(20)13-8-10-15(11-9-13)18-24(3,21)22/h4-11,18H,12H2,1-3H3. The number of para-hydroxylation sites is 1. The first-order chi connectivity index (χ1) is 11.3. The van der Waals surface area contributed by atoms with Gasteiger partial charge in [0.1, 0.15) is 5.75 Å². The van der Waals surface area contributed by atoms with Gasteiger partial charge in [-0.05, 0) is 30.3 Å². The smallest absolute Gasteiger partial charge is 0.253 e. The number of hydrogen-bond donors (Lipinski definition) is 1. The van der Waals surface area contributed by atoms with Crippen LogP contribution in [0.2, 0.25) is 0 Å². The van der Waals surface area contributed by atoms with Gasteiger partial charge in [0.25, 0.3) is 5.91 Å². The van der Waals surface area contributed by atoms with Crippen LogP contribution in [0, 0.1) is 0 Å². The summed E-state index contributed by atoms with van der Waals surface area (Å²) < 4.78 is 30.0. The summed E-state index contributed by atoms with van der Waals surface area (Å²) in [5, 5.41) is 0. The highest BCUT2D eigenvalue weighted by molar-refractivity contribution is 7.92. The molecule has 0 aliphatic carbocycles. The first kappa shape index (κ1) is 17.8. The van der Waals surface area contributed by atoms with Crippen LogP contribution in [-0.4, -0.2) is 39.6 Å². The Morgan fingerprint density at radius 1 is 1.12 bits per heavy atom. The Kier molecular flexibility index (Phi) is 5.46. The number of amides is 1. The van der Waals surface area contributed by atoms with Gasteiger partial charge >= 0.3 is 0 Å². The second-order valence-corrected chi connectivity index (χ2v) is 7.17. The van der Waals surface area contributed by atoms with Crippen LogP contribution >= 0.6 is 0 Å². The van der Waals surface area contributed by atoms with E-state index in [1.54, 1.807) is 43.3 Å². The molecule has 2 rings (SSSR count). The Balaban J connectivity index is 2.10. The molecule has 0 aliphatic heterocycles. The molecule has 1 N–H and O–H groups in total. The van der Waals surface area contributed by atoms with E-state index in [1.165, 1.54) is 0 Å². The molecule has 128 valence electrons. The summed E-state index contributed by atoms with van der Waals surface area (Å²) in [7, 11) is -0.0370. The maximum atomic E-state index is 12.5. The van der Waals surface area contributed by atoms with Crippen LogP contribution in [0.5, 0.6) is 5.75 Å². The molecule has 0 aromatic heterocycles. The van der Waals surface area contributed by atoms with Crippen LogP contribution in [0.25, 0.3) is 0 Å². The van der Waals surface area contributed by atoms with Crippen LogP contribution in [-0.2, 0) is 16.6 Å². The molecule has 0 unspecified atom stereocenters. The van der Waals surface area contributed by atoms with E-state index in [0.29, 0.717) is 17.8 Å². The van der Waals surface area contributed by atoms with E-state index in [2.05, 4.69) is 4.72 Å². The van der Waals surface area contributed by atoms with Crippen LogP contribution < -0.4 is 9.46 Å². The molecular formula is C17H20N2O4S. The molecule has 0 atom stereocenters. The average Bonchev–Trinajstić information content (AvgIpc) is 2.54. The lowest BCUT2D eigenvalue weighted by atomic mass is 10.1. The molecule has 0 aliphatic rings. The molecular weight excluding hydrogens is 328 g/mol. The van der Waals surface area contributed by atoms with Gasteiger partial charge in [0.15, 0.2) is 0 Å². The summed E-state index contributed by atoms with van der Waals surface area (Å²) >= 11 is 0. The predicted octanol–water partition coefficient (Wildman–Crippen LogP) is 2.34. The zero-order valence-electron chi connectivity index (χ0n) is 13.8. The summed E-state index contributed by atoms with van der Waals surface area (Å²) in [4.78, 5) is 14.1. The molecule has 0 heterocycles. The number of anilines is 1. The van der Waals surface area contributed by atoms with Gasteiger partial charge in [-0.1, -0.05) is 18.2 Å². The van der Waals surface area contributed by atoms with Crippen LogP contribution in [0.15, 0.2) is 48.5 Å². The van der Waals surface area contributed by atoms with E-state index in [-0.39, 0.29) is 5.91 Å². The quantitative estimate of drug-likeness (QED) is 0.869. The highest BCUT2D eigenvalue weighted by Gasteiger charge is 2.14. The summed E-state index contributed by atoms with van der Waals surface area (Å²) in [6.45, 7) is 0.409. The average molecular weight is 348 g/mol. The fourth-order valence-electron chi connectivity index (χ4n) is 2.28. The summed E-state index contributed by atoms with van der Waals surface area (Å²) in [6.07, 6.45) is 1.08. The van der Waals surface area contributed by atoms with Gasteiger partial charge in [-0.2, -0.15) is 0 Å². The molecule has 24 heavy (non-hydrogen) atoms. The van der Waals surface area contributed by atoms with Crippen molar-refractivity contribution in [2.75, 3.05) is 25.1 Å². The Morgan fingerprint density at radius 2 is 1.75 bits per heavy atom. The van der Waals surface area contributed by atoms with Gasteiger partial charge in [-0.3, -0.25) is 9.52 Å². The van der Waals surface area contributed by atoms with Crippen molar-refractivity contribution in [2.45, 2.75) is 6.54 Å². The SMILES string of the molecule is COc1ccccc1CN(C)C(=O)c1ccc(NS(C)(=O)=O)cc1. The molecule has 0 spiro atoms. The Bertz CT molecular complexity index is 817. The van der Waals surface area contributed by atoms with Crippen molar-refractivity contribution in [3.63, 3.8) is 0 Å². The molecule has 2 aromatic rings. The van der Waals surface area contributed by atoms with Gasteiger partial charge in [0, 0.05) is 30.4 Å². The number of nitrogens with zero attached hydrogens (tertiary/aromatic N) is 1. The Hall–Kier alpha value is -2.54. The summed E-state index contributed by atoms with van der Waals surface area (Å²) in [5.41, 5.74) is 1.80. The fourth-order valence-corrected chi connectivity index (χ4v) is 2.84. The van der Waals surface area contributed by atoms with E-state index < -0.39 is 10.0 Å². The summed E-state index contributed by atoms with van der Waals surface area (Å²) in [5.74, 6) is 0.566. The minimum atomic E-state index is -3.33. The number of nitrogens with one attached hydrogen (secondary N) is 1. The number of ether oxygens (including phenoxy) is 1. The zero-order valence-corrected chi connectivity index (χ0v) is 14.6. The maximum Gasteiger partial charge on any atom is 0.253 e. The minimum Gasteiger partial charge on any atom is -0.496 e. The van der Waals surface area contributed by atoms with E-state index in [9.17, 15) is 13.2 Å². The lowest BCUT2D eigenvalue weighted by Crippen LogP contribution is -2.26. The molecule has 7 heteroatoms. The van der Waals surface area contributed by atoms with Crippen molar-refractivity contribution in [3.8, 4) is 5.75 Å². The van der Waals surface area contributed by atoms with Gasteiger partial charge in [-0.25, -0.2) is 8.42 Å². The molecule has 6 nitrogen and oxygen atoms in total. The third-order valence-corrected chi connectivity index (χ3v) is 3.99. The lowest BCUT2D eigenvalue weighted by Gasteiger charge is -2.19. The van der Waals surface area contributed by atoms with Crippen LogP contribution in [0.1, 0.15) is 15.9 Å². The topological polar surface area (TPSA) is 75.7 Å². The van der Waals surface area contributed by atoms with Crippen LogP contribution in [0.3, 0.4) is 0 Å². The molecule has 0 fully saturated rings. The van der Waals surface area contributed by atoms with E-state index in [0.717, 1.165) is 17.6 Å². The minimum absolute atomic E-state index is 0.160. The van der Waals surface area contributed by atoms with Crippen molar-refractivity contribution in [3.05, 3.63) is 59.7 Å². The highest BCUT2D eigenvalue weighted by Crippen LogP contribution is 2.20. The second kappa shape index (κ2) is 7.35. The number of carbonyl (C=O) groups excluding carboxylic acids is 1. The molecule has 0 saturated carbocycles. The Morgan fingerprint density at radius 3 is 2.33 bits per heavy atom. The molecule has 1 amide bonds. The van der Waals surface area contributed by atoms with Crippen molar-refractivity contribution < 1.29 is 17.9 Å². The van der Waals surface area contributed by atoms with E-state index >= 15 is 0 Å². The van der Waals surface area contributed by atoms with Crippen LogP contribution in [0.4, 0.5) is 5.69 Å². The predicted molar refractivity (Wildman–Crippen MR) is 93.7 cm³/mol. The van der Waals surface area contributed by atoms with E-state index in [4.69, 9.17) is 4.74 Å². The largest absolute Gasteiger partial charge is 0.496 e. The van der Waals surface area contributed by atoms with Crippen molar-refractivity contribution in [1.29, 1.82) is 0 Å². The monoisotopic (exact) mass is 348 g/mol. The highest BCUT2D eigenvalue weighted by atomic mass is 32.2. The van der Waals surface area contributed by atoms with Crippen molar-refractivity contribution >= 4 is 21.6 Å². The first-order valence-corrected chi connectivity index (χ1v) is 9.14. The van der Waals surface area contributed by atoms with Crippen molar-refractivity contribution in [1.82, 2.24) is 4.90 Å². The Labute approximate surface area is 142 Å². The van der Waals surface area contributed by atoms with Gasteiger partial charge in [0.05, 0.1) is 13.4 Å². The number of carbonyl (C=O) groups is 1. The van der Waals surface area contributed by atoms with Gasteiger partial charge in [0.2, 0.25) is 10.0 Å². The number of rotatable bonds is 6. The third kappa shape index (κ3) is 4.73. The number of sulfonamides is 1. The van der Waals surface area contributed by atoms with Gasteiger partial charge in [-0.15, -0.1) is 0 Å². The zero-order chi connectivity index (χ0) is 17.7. The third-order valence-electron chi connectivity index (χ3n) is 3.38. The molecule has 2 aromatic carbocycles. The normalized spacial score (nSPS) is 11.0. The second-order valence-electron chi connectivity index (χ2n) is 5.42. The molecule has 0 saturated heterocycles.